The number of nitro groups is 1. The first kappa shape index (κ1) is 10.5. The van der Waals surface area contributed by atoms with Gasteiger partial charge in [-0.25, -0.2) is 0 Å². The van der Waals surface area contributed by atoms with E-state index in [0.717, 1.165) is 12.1 Å². The number of phenols is 1. The number of nitriles is 2. The van der Waals surface area contributed by atoms with Gasteiger partial charge in [-0.1, -0.05) is 0 Å². The van der Waals surface area contributed by atoms with Crippen LogP contribution in [0.5, 0.6) is 5.75 Å². The summed E-state index contributed by atoms with van der Waals surface area (Å²) in [5.41, 5.74) is -0.212. The second kappa shape index (κ2) is 4.07. The van der Waals surface area contributed by atoms with Gasteiger partial charge in [-0.05, 0) is 17.7 Å². The predicted octanol–water partition coefficient (Wildman–Crippen LogP) is 1.43. The maximum Gasteiger partial charge on any atom is 0.310 e. The van der Waals surface area contributed by atoms with Crippen molar-refractivity contribution in [3.05, 3.63) is 33.9 Å². The van der Waals surface area contributed by atoms with E-state index >= 15 is 0 Å². The van der Waals surface area contributed by atoms with Gasteiger partial charge >= 0.3 is 5.69 Å². The first-order valence-corrected chi connectivity index (χ1v) is 3.86. The minimum absolute atomic E-state index is 0.239. The first-order chi connectivity index (χ1) is 7.10. The molecule has 1 aromatic carbocycles. The Kier molecular flexibility index (Phi) is 2.85. The molecular weight excluding hydrogens is 198 g/mol. The van der Waals surface area contributed by atoms with E-state index in [1.54, 1.807) is 12.1 Å². The molecule has 0 amide bonds. The lowest BCUT2D eigenvalue weighted by molar-refractivity contribution is -0.385. The van der Waals surface area contributed by atoms with Crippen molar-refractivity contribution in [1.29, 1.82) is 10.5 Å². The fourth-order valence-electron chi connectivity index (χ4n) is 1.05. The summed E-state index contributed by atoms with van der Waals surface area (Å²) >= 11 is 0. The highest BCUT2D eigenvalue weighted by atomic mass is 16.6. The molecule has 1 aromatic rings. The van der Waals surface area contributed by atoms with Crippen molar-refractivity contribution in [2.24, 2.45) is 0 Å². The fourth-order valence-corrected chi connectivity index (χ4v) is 1.05. The second-order valence-corrected chi connectivity index (χ2v) is 2.70. The van der Waals surface area contributed by atoms with Crippen molar-refractivity contribution in [3.63, 3.8) is 0 Å². The average molecular weight is 203 g/mol. The molecule has 0 saturated heterocycles. The number of phenolic OH excluding ortho intramolecular Hbond substituents is 1. The van der Waals surface area contributed by atoms with Crippen molar-refractivity contribution < 1.29 is 10.0 Å². The molecule has 1 rings (SSSR count). The molecule has 0 unspecified atom stereocenters. The number of aromatic hydroxyl groups is 1. The lowest BCUT2D eigenvalue weighted by atomic mass is 10.0. The van der Waals surface area contributed by atoms with Crippen molar-refractivity contribution in [3.8, 4) is 17.9 Å². The summed E-state index contributed by atoms with van der Waals surface area (Å²) in [5, 5.41) is 36.7. The van der Waals surface area contributed by atoms with Crippen LogP contribution in [0.4, 0.5) is 5.69 Å². The molecule has 0 heterocycles. The Morgan fingerprint density at radius 3 is 2.40 bits per heavy atom. The molecule has 6 nitrogen and oxygen atoms in total. The van der Waals surface area contributed by atoms with Crippen molar-refractivity contribution in [1.82, 2.24) is 0 Å². The van der Waals surface area contributed by atoms with Crippen LogP contribution in [0.2, 0.25) is 0 Å². The van der Waals surface area contributed by atoms with E-state index in [9.17, 15) is 15.2 Å². The standard InChI is InChI=1S/C9H5N3O3/c10-4-7(5-11)6-1-2-8(12(14)15)9(13)3-6/h1-3,7,13H. The van der Waals surface area contributed by atoms with Crippen LogP contribution in [0, 0.1) is 32.8 Å². The van der Waals surface area contributed by atoms with Crippen LogP contribution >= 0.6 is 0 Å². The minimum atomic E-state index is -1.03. The van der Waals surface area contributed by atoms with Gasteiger partial charge in [0.05, 0.1) is 17.1 Å². The van der Waals surface area contributed by atoms with Crippen LogP contribution in [0.3, 0.4) is 0 Å². The van der Waals surface area contributed by atoms with Crippen molar-refractivity contribution in [2.75, 3.05) is 0 Å². The molecule has 0 radical (unpaired) electrons. The van der Waals surface area contributed by atoms with Gasteiger partial charge in [0.2, 0.25) is 0 Å². The number of nitro benzene ring substituents is 1. The molecule has 6 heteroatoms. The molecule has 0 aliphatic heterocycles. The summed E-state index contributed by atoms with van der Waals surface area (Å²) in [7, 11) is 0. The molecule has 0 aliphatic rings. The second-order valence-electron chi connectivity index (χ2n) is 2.70. The Morgan fingerprint density at radius 2 is 2.00 bits per heavy atom. The van der Waals surface area contributed by atoms with Crippen LogP contribution in [0.25, 0.3) is 0 Å². The largest absolute Gasteiger partial charge is 0.502 e. The first-order valence-electron chi connectivity index (χ1n) is 3.86. The highest BCUT2D eigenvalue weighted by Crippen LogP contribution is 2.28. The van der Waals surface area contributed by atoms with Gasteiger partial charge in [0, 0.05) is 6.07 Å². The molecule has 74 valence electrons. The number of hydrogen-bond acceptors (Lipinski definition) is 5. The molecule has 0 atom stereocenters. The van der Waals surface area contributed by atoms with Crippen LogP contribution in [-0.4, -0.2) is 10.0 Å². The van der Waals surface area contributed by atoms with Gasteiger partial charge in [-0.3, -0.25) is 10.1 Å². The molecule has 0 fully saturated rings. The zero-order chi connectivity index (χ0) is 11.4. The number of nitrogens with zero attached hydrogens (tertiary/aromatic N) is 3. The summed E-state index contributed by atoms with van der Waals surface area (Å²) < 4.78 is 0. The molecule has 1 N–H and O–H groups in total. The highest BCUT2D eigenvalue weighted by molar-refractivity contribution is 5.49. The minimum Gasteiger partial charge on any atom is -0.502 e. The lowest BCUT2D eigenvalue weighted by Crippen LogP contribution is -1.94. The van der Waals surface area contributed by atoms with Gasteiger partial charge in [0.15, 0.2) is 11.7 Å². The summed E-state index contributed by atoms with van der Waals surface area (Å²) in [6.45, 7) is 0. The fraction of sp³-hybridized carbons (Fsp3) is 0.111. The van der Waals surface area contributed by atoms with Crippen LogP contribution in [0.1, 0.15) is 11.5 Å². The quantitative estimate of drug-likeness (QED) is 0.577. The highest BCUT2D eigenvalue weighted by Gasteiger charge is 2.16. The molecule has 15 heavy (non-hydrogen) atoms. The predicted molar refractivity (Wildman–Crippen MR) is 48.7 cm³/mol. The Hall–Kier alpha value is -2.60. The van der Waals surface area contributed by atoms with Gasteiger partial charge in [0.1, 0.15) is 0 Å². The third kappa shape index (κ3) is 2.01. The van der Waals surface area contributed by atoms with Gasteiger partial charge in [-0.2, -0.15) is 10.5 Å². The van der Waals surface area contributed by atoms with Gasteiger partial charge in [-0.15, -0.1) is 0 Å². The van der Waals surface area contributed by atoms with E-state index < -0.39 is 22.3 Å². The van der Waals surface area contributed by atoms with Crippen molar-refractivity contribution >= 4 is 5.69 Å². The number of rotatable bonds is 2. The summed E-state index contributed by atoms with van der Waals surface area (Å²) in [5.74, 6) is -1.58. The van der Waals surface area contributed by atoms with Crippen molar-refractivity contribution in [2.45, 2.75) is 5.92 Å². The molecule has 0 saturated carbocycles. The Labute approximate surface area is 84.8 Å². The summed E-state index contributed by atoms with van der Waals surface area (Å²) in [4.78, 5) is 9.61. The molecular formula is C9H5N3O3. The van der Waals surface area contributed by atoms with Crippen LogP contribution < -0.4 is 0 Å². The SMILES string of the molecule is N#CC(C#N)c1ccc([N+](=O)[O-])c(O)c1. The van der Waals surface area contributed by atoms with Gasteiger partial charge < -0.3 is 5.11 Å². The Balaban J connectivity index is 3.19. The number of benzene rings is 1. The van der Waals surface area contributed by atoms with Gasteiger partial charge in [0.25, 0.3) is 0 Å². The smallest absolute Gasteiger partial charge is 0.310 e. The van der Waals surface area contributed by atoms with E-state index in [4.69, 9.17) is 10.5 Å². The monoisotopic (exact) mass is 203 g/mol. The number of hydrogen-bond donors (Lipinski definition) is 1. The molecule has 0 bridgehead atoms. The van der Waals surface area contributed by atoms with E-state index in [1.807, 2.05) is 0 Å². The normalized spacial score (nSPS) is 9.27. The van der Waals surface area contributed by atoms with E-state index in [1.165, 1.54) is 6.07 Å². The topological polar surface area (TPSA) is 111 Å². The zero-order valence-corrected chi connectivity index (χ0v) is 7.41. The maximum absolute atomic E-state index is 10.4. The molecule has 0 spiro atoms. The third-order valence-electron chi connectivity index (χ3n) is 1.79. The molecule has 0 aliphatic carbocycles. The average Bonchev–Trinajstić information content (AvgIpc) is 2.19. The maximum atomic E-state index is 10.4. The summed E-state index contributed by atoms with van der Waals surface area (Å²) in [6, 6.07) is 6.79. The summed E-state index contributed by atoms with van der Waals surface area (Å²) in [6.07, 6.45) is 0. The zero-order valence-electron chi connectivity index (χ0n) is 7.41. The Morgan fingerprint density at radius 1 is 1.40 bits per heavy atom. The van der Waals surface area contributed by atoms with E-state index in [0.29, 0.717) is 0 Å². The lowest BCUT2D eigenvalue weighted by Gasteiger charge is -2.01. The van der Waals surface area contributed by atoms with Crippen LogP contribution in [-0.2, 0) is 0 Å². The Bertz CT molecular complexity index is 470. The van der Waals surface area contributed by atoms with E-state index in [-0.39, 0.29) is 5.56 Å². The third-order valence-corrected chi connectivity index (χ3v) is 1.79. The van der Waals surface area contributed by atoms with Crippen LogP contribution in [0.15, 0.2) is 18.2 Å². The molecule has 0 aromatic heterocycles. The van der Waals surface area contributed by atoms with E-state index in [2.05, 4.69) is 0 Å².